The molecule has 2 aromatic heterocycles. The number of ether oxygens (including phenoxy) is 1. The van der Waals surface area contributed by atoms with Gasteiger partial charge in [-0.2, -0.15) is 5.10 Å². The summed E-state index contributed by atoms with van der Waals surface area (Å²) in [5.74, 6) is 9.01. The van der Waals surface area contributed by atoms with Crippen molar-refractivity contribution in [3.8, 4) is 5.75 Å². The first-order chi connectivity index (χ1) is 13.6. The Morgan fingerprint density at radius 2 is 1.93 bits per heavy atom. The van der Waals surface area contributed by atoms with Gasteiger partial charge in [-0.15, -0.1) is 10.2 Å². The van der Waals surface area contributed by atoms with Gasteiger partial charge in [-0.05, 0) is 42.5 Å². The van der Waals surface area contributed by atoms with E-state index in [1.54, 1.807) is 11.8 Å². The van der Waals surface area contributed by atoms with Gasteiger partial charge in [0.15, 0.2) is 5.82 Å². The summed E-state index contributed by atoms with van der Waals surface area (Å²) in [6.07, 6.45) is 7.17. The molecule has 0 saturated carbocycles. The van der Waals surface area contributed by atoms with Crippen LogP contribution < -0.4 is 10.6 Å². The maximum absolute atomic E-state index is 6.12. The monoisotopic (exact) mass is 400 g/mol. The van der Waals surface area contributed by atoms with Gasteiger partial charge in [0, 0.05) is 24.7 Å². The molecule has 0 aliphatic rings. The minimum atomic E-state index is 0.301. The molecule has 28 heavy (non-hydrogen) atoms. The largest absolute Gasteiger partial charge is 0.486 e. The molecule has 3 aromatic rings. The third-order valence-corrected chi connectivity index (χ3v) is 5.50. The molecule has 0 radical (unpaired) electrons. The van der Waals surface area contributed by atoms with Gasteiger partial charge in [0.05, 0.1) is 0 Å². The fourth-order valence-electron chi connectivity index (χ4n) is 2.75. The van der Waals surface area contributed by atoms with Gasteiger partial charge in [0.2, 0.25) is 5.16 Å². The molecule has 2 heterocycles. The molecule has 3 rings (SSSR count). The van der Waals surface area contributed by atoms with E-state index in [1.807, 2.05) is 35.3 Å². The summed E-state index contributed by atoms with van der Waals surface area (Å²) in [5, 5.41) is 13.3. The van der Waals surface area contributed by atoms with Crippen LogP contribution in [0.15, 0.2) is 47.9 Å². The fourth-order valence-corrected chi connectivity index (χ4v) is 3.62. The lowest BCUT2D eigenvalue weighted by molar-refractivity contribution is 0.291. The average molecular weight is 401 g/mol. The summed E-state index contributed by atoms with van der Waals surface area (Å²) < 4.78 is 9.28. The molecule has 0 saturated heterocycles. The van der Waals surface area contributed by atoms with Crippen LogP contribution in [-0.4, -0.2) is 30.4 Å². The van der Waals surface area contributed by atoms with E-state index >= 15 is 0 Å². The second kappa shape index (κ2) is 10.2. The predicted octanol–water partition coefficient (Wildman–Crippen LogP) is 3.85. The van der Waals surface area contributed by atoms with Gasteiger partial charge in [0.1, 0.15) is 12.4 Å². The number of benzene rings is 1. The van der Waals surface area contributed by atoms with Gasteiger partial charge >= 0.3 is 0 Å². The average Bonchev–Trinajstić information content (AvgIpc) is 3.33. The highest BCUT2D eigenvalue weighted by Gasteiger charge is 2.11. The number of aromatic nitrogens is 5. The summed E-state index contributed by atoms with van der Waals surface area (Å²) in [4.78, 5) is 0. The van der Waals surface area contributed by atoms with Gasteiger partial charge in [-0.1, -0.05) is 44.2 Å². The van der Waals surface area contributed by atoms with E-state index in [4.69, 9.17) is 10.6 Å². The van der Waals surface area contributed by atoms with Crippen molar-refractivity contribution in [1.82, 2.24) is 24.7 Å². The Labute approximate surface area is 170 Å². The van der Waals surface area contributed by atoms with Crippen molar-refractivity contribution in [2.24, 2.45) is 0 Å². The van der Waals surface area contributed by atoms with Crippen LogP contribution >= 0.6 is 11.8 Å². The van der Waals surface area contributed by atoms with Crippen molar-refractivity contribution in [2.45, 2.75) is 57.3 Å². The first-order valence-electron chi connectivity index (χ1n) is 9.66. The lowest BCUT2D eigenvalue weighted by atomic mass is 10.0. The number of thioether (sulfide) groups is 1. The van der Waals surface area contributed by atoms with Crippen LogP contribution in [0.3, 0.4) is 0 Å². The van der Waals surface area contributed by atoms with Crippen LogP contribution in [0, 0.1) is 0 Å². The summed E-state index contributed by atoms with van der Waals surface area (Å²) >= 11 is 1.63. The molecular weight excluding hydrogens is 372 g/mol. The van der Waals surface area contributed by atoms with Crippen LogP contribution in [0.25, 0.3) is 0 Å². The van der Waals surface area contributed by atoms with E-state index in [1.165, 1.54) is 10.2 Å². The summed E-state index contributed by atoms with van der Waals surface area (Å²) in [6.45, 7) is 5.61. The third-order valence-electron chi connectivity index (χ3n) is 4.47. The minimum Gasteiger partial charge on any atom is -0.486 e. The zero-order chi connectivity index (χ0) is 19.8. The number of aryl methyl sites for hydroxylation is 1. The van der Waals surface area contributed by atoms with E-state index in [2.05, 4.69) is 41.3 Å². The zero-order valence-electron chi connectivity index (χ0n) is 16.5. The third kappa shape index (κ3) is 5.76. The highest BCUT2D eigenvalue weighted by atomic mass is 32.2. The molecule has 8 heteroatoms. The lowest BCUT2D eigenvalue weighted by Gasteiger charge is -2.09. The van der Waals surface area contributed by atoms with Crippen LogP contribution in [0.4, 0.5) is 0 Å². The summed E-state index contributed by atoms with van der Waals surface area (Å²) in [6, 6.07) is 10.1. The second-order valence-electron chi connectivity index (χ2n) is 6.96. The van der Waals surface area contributed by atoms with Crippen molar-refractivity contribution in [3.05, 3.63) is 54.1 Å². The van der Waals surface area contributed by atoms with Crippen LogP contribution in [0.1, 0.15) is 50.4 Å². The van der Waals surface area contributed by atoms with Crippen LogP contribution in [-0.2, 0) is 13.2 Å². The van der Waals surface area contributed by atoms with Gasteiger partial charge in [-0.25, -0.2) is 4.68 Å². The van der Waals surface area contributed by atoms with E-state index < -0.39 is 0 Å². The molecule has 0 atom stereocenters. The zero-order valence-corrected chi connectivity index (χ0v) is 17.3. The van der Waals surface area contributed by atoms with Gasteiger partial charge in [-0.3, -0.25) is 4.68 Å². The van der Waals surface area contributed by atoms with Crippen molar-refractivity contribution < 1.29 is 4.74 Å². The number of unbranched alkanes of at least 4 members (excludes halogenated alkanes) is 2. The Morgan fingerprint density at radius 1 is 1.11 bits per heavy atom. The molecule has 0 aliphatic carbocycles. The first kappa shape index (κ1) is 20.3. The Hall–Kier alpha value is -2.48. The molecule has 0 bridgehead atoms. The molecule has 1 aromatic carbocycles. The number of nitrogens with two attached hydrogens (primary N) is 1. The Balaban J connectivity index is 1.38. The molecular formula is C20H28N6OS. The van der Waals surface area contributed by atoms with Gasteiger partial charge in [0.25, 0.3) is 0 Å². The number of hydrogen-bond donors (Lipinski definition) is 1. The van der Waals surface area contributed by atoms with Crippen molar-refractivity contribution in [1.29, 1.82) is 0 Å². The number of nitrogens with zero attached hydrogens (tertiary/aromatic N) is 5. The highest BCUT2D eigenvalue weighted by molar-refractivity contribution is 7.99. The molecule has 0 amide bonds. The SMILES string of the molecule is CC(C)c1ccc(OCc2nnc(SCCCCCn3cccn3)n2N)cc1. The van der Waals surface area contributed by atoms with E-state index in [9.17, 15) is 0 Å². The van der Waals surface area contributed by atoms with Crippen molar-refractivity contribution in [2.75, 3.05) is 11.6 Å². The molecule has 0 spiro atoms. The Kier molecular flexibility index (Phi) is 7.36. The smallest absolute Gasteiger partial charge is 0.209 e. The molecule has 0 unspecified atom stereocenters. The topological polar surface area (TPSA) is 83.8 Å². The van der Waals surface area contributed by atoms with E-state index in [-0.39, 0.29) is 0 Å². The summed E-state index contributed by atoms with van der Waals surface area (Å²) in [5.41, 5.74) is 1.29. The standard InChI is InChI=1S/C20H28N6OS/c1-16(2)17-7-9-18(10-8-17)27-15-19-23-24-20(26(19)21)28-14-5-3-4-12-25-13-6-11-22-25/h6-11,13,16H,3-5,12,14-15,21H2,1-2H3. The minimum absolute atomic E-state index is 0.301. The Morgan fingerprint density at radius 3 is 2.64 bits per heavy atom. The second-order valence-corrected chi connectivity index (χ2v) is 8.02. The molecule has 150 valence electrons. The van der Waals surface area contributed by atoms with Crippen LogP contribution in [0.5, 0.6) is 5.75 Å². The number of hydrogen-bond acceptors (Lipinski definition) is 6. The summed E-state index contributed by atoms with van der Waals surface area (Å²) in [7, 11) is 0. The Bertz CT molecular complexity index is 829. The van der Waals surface area contributed by atoms with Gasteiger partial charge < -0.3 is 10.6 Å². The molecule has 0 aliphatic heterocycles. The molecule has 0 fully saturated rings. The molecule has 2 N–H and O–H groups in total. The maximum atomic E-state index is 6.12. The maximum Gasteiger partial charge on any atom is 0.209 e. The number of nitrogen functional groups attached to an aromatic ring is 1. The van der Waals surface area contributed by atoms with Crippen molar-refractivity contribution >= 4 is 11.8 Å². The fraction of sp³-hybridized carbons (Fsp3) is 0.450. The van der Waals surface area contributed by atoms with E-state index in [0.29, 0.717) is 18.3 Å². The lowest BCUT2D eigenvalue weighted by Crippen LogP contribution is -2.15. The first-order valence-corrected chi connectivity index (χ1v) is 10.6. The normalized spacial score (nSPS) is 11.2. The highest BCUT2D eigenvalue weighted by Crippen LogP contribution is 2.20. The number of rotatable bonds is 11. The van der Waals surface area contributed by atoms with E-state index in [0.717, 1.165) is 42.5 Å². The van der Waals surface area contributed by atoms with Crippen LogP contribution in [0.2, 0.25) is 0 Å². The van der Waals surface area contributed by atoms with Crippen molar-refractivity contribution in [3.63, 3.8) is 0 Å². The quantitative estimate of drug-likeness (QED) is 0.299. The molecule has 7 nitrogen and oxygen atoms in total. The predicted molar refractivity (Wildman–Crippen MR) is 112 cm³/mol.